The van der Waals surface area contributed by atoms with Crippen LogP contribution in [0.1, 0.15) is 22.7 Å². The first-order valence-corrected chi connectivity index (χ1v) is 6.76. The van der Waals surface area contributed by atoms with Crippen LogP contribution in [0, 0.1) is 12.7 Å². The maximum atomic E-state index is 13.3. The molecule has 1 atom stereocenters. The Morgan fingerprint density at radius 3 is 2.67 bits per heavy atom. The van der Waals surface area contributed by atoms with Gasteiger partial charge in [-0.05, 0) is 36.2 Å². The number of fused-ring (bicyclic) bond motifs is 1. The standard InChI is InChI=1S/C17H16FN3/c1-11-10-13(18)7-8-14(11)17(21-19)15-6-2-4-12-5-3-9-20-16(12)15/h2-10,17,21H,19H2,1H3. The molecule has 0 spiro atoms. The van der Waals surface area contributed by atoms with E-state index in [1.807, 2.05) is 37.3 Å². The number of nitrogens with one attached hydrogen (secondary N) is 1. The maximum absolute atomic E-state index is 13.3. The zero-order valence-electron chi connectivity index (χ0n) is 11.7. The largest absolute Gasteiger partial charge is 0.271 e. The summed E-state index contributed by atoms with van der Waals surface area (Å²) in [5.74, 6) is 5.52. The van der Waals surface area contributed by atoms with Crippen molar-refractivity contribution in [2.45, 2.75) is 13.0 Å². The molecule has 106 valence electrons. The summed E-state index contributed by atoms with van der Waals surface area (Å²) >= 11 is 0. The molecule has 1 heterocycles. The molecule has 1 unspecified atom stereocenters. The summed E-state index contributed by atoms with van der Waals surface area (Å²) < 4.78 is 13.3. The van der Waals surface area contributed by atoms with Crippen LogP contribution in [0.4, 0.5) is 4.39 Å². The molecule has 21 heavy (non-hydrogen) atoms. The Morgan fingerprint density at radius 2 is 1.90 bits per heavy atom. The van der Waals surface area contributed by atoms with Gasteiger partial charge in [-0.15, -0.1) is 0 Å². The Morgan fingerprint density at radius 1 is 1.10 bits per heavy atom. The van der Waals surface area contributed by atoms with Crippen LogP contribution in [0.2, 0.25) is 0 Å². The van der Waals surface area contributed by atoms with Crippen LogP contribution in [0.15, 0.2) is 54.7 Å². The Hall–Kier alpha value is -2.30. The highest BCUT2D eigenvalue weighted by molar-refractivity contribution is 5.82. The highest BCUT2D eigenvalue weighted by Crippen LogP contribution is 2.29. The predicted octanol–water partition coefficient (Wildman–Crippen LogP) is 3.24. The Kier molecular flexibility index (Phi) is 3.64. The zero-order valence-corrected chi connectivity index (χ0v) is 11.7. The molecule has 0 aliphatic carbocycles. The van der Waals surface area contributed by atoms with Crippen LogP contribution in [0.5, 0.6) is 0 Å². The van der Waals surface area contributed by atoms with E-state index in [-0.39, 0.29) is 11.9 Å². The number of halogens is 1. The molecule has 3 nitrogen and oxygen atoms in total. The molecule has 2 aromatic carbocycles. The van der Waals surface area contributed by atoms with Crippen LogP contribution < -0.4 is 11.3 Å². The summed E-state index contributed by atoms with van der Waals surface area (Å²) in [5.41, 5.74) is 6.49. The molecule has 0 aliphatic heterocycles. The van der Waals surface area contributed by atoms with Crippen molar-refractivity contribution >= 4 is 10.9 Å². The highest BCUT2D eigenvalue weighted by atomic mass is 19.1. The number of nitrogens with zero attached hydrogens (tertiary/aromatic N) is 1. The zero-order chi connectivity index (χ0) is 14.8. The lowest BCUT2D eigenvalue weighted by Crippen LogP contribution is -2.29. The van der Waals surface area contributed by atoms with Gasteiger partial charge in [0.1, 0.15) is 5.82 Å². The van der Waals surface area contributed by atoms with Gasteiger partial charge < -0.3 is 0 Å². The quantitative estimate of drug-likeness (QED) is 0.572. The number of hydrogen-bond acceptors (Lipinski definition) is 3. The van der Waals surface area contributed by atoms with Crippen molar-refractivity contribution in [3.8, 4) is 0 Å². The molecular weight excluding hydrogens is 265 g/mol. The third-order valence-corrected chi connectivity index (χ3v) is 3.68. The van der Waals surface area contributed by atoms with Crippen molar-refractivity contribution in [1.29, 1.82) is 0 Å². The average Bonchev–Trinajstić information content (AvgIpc) is 2.50. The van der Waals surface area contributed by atoms with Crippen molar-refractivity contribution in [2.24, 2.45) is 5.84 Å². The van der Waals surface area contributed by atoms with Gasteiger partial charge in [0.15, 0.2) is 0 Å². The normalized spacial score (nSPS) is 12.5. The Bertz CT molecular complexity index is 781. The molecule has 0 fully saturated rings. The summed E-state index contributed by atoms with van der Waals surface area (Å²) in [5, 5.41) is 1.05. The fourth-order valence-electron chi connectivity index (χ4n) is 2.67. The first-order chi connectivity index (χ1) is 10.2. The summed E-state index contributed by atoms with van der Waals surface area (Å²) in [7, 11) is 0. The number of aryl methyl sites for hydroxylation is 1. The number of para-hydroxylation sites is 1. The average molecular weight is 281 g/mol. The van der Waals surface area contributed by atoms with Crippen molar-refractivity contribution in [1.82, 2.24) is 10.4 Å². The summed E-state index contributed by atoms with van der Waals surface area (Å²) in [6, 6.07) is 14.4. The number of aromatic nitrogens is 1. The van der Waals surface area contributed by atoms with Crippen LogP contribution in [-0.2, 0) is 0 Å². The van der Waals surface area contributed by atoms with E-state index in [9.17, 15) is 4.39 Å². The number of hydrogen-bond donors (Lipinski definition) is 2. The minimum Gasteiger partial charge on any atom is -0.271 e. The first-order valence-electron chi connectivity index (χ1n) is 6.76. The summed E-state index contributed by atoms with van der Waals surface area (Å²) in [6.07, 6.45) is 1.76. The van der Waals surface area contributed by atoms with Gasteiger partial charge in [-0.25, -0.2) is 9.82 Å². The maximum Gasteiger partial charge on any atom is 0.123 e. The monoisotopic (exact) mass is 281 g/mol. The number of hydrazine groups is 1. The predicted molar refractivity (Wildman–Crippen MR) is 82.0 cm³/mol. The second kappa shape index (κ2) is 5.60. The van der Waals surface area contributed by atoms with Gasteiger partial charge in [0.25, 0.3) is 0 Å². The summed E-state index contributed by atoms with van der Waals surface area (Å²) in [6.45, 7) is 1.88. The van der Waals surface area contributed by atoms with Gasteiger partial charge in [0.2, 0.25) is 0 Å². The molecule has 0 amide bonds. The number of rotatable bonds is 3. The molecule has 3 N–H and O–H groups in total. The smallest absolute Gasteiger partial charge is 0.123 e. The molecule has 0 saturated heterocycles. The molecule has 4 heteroatoms. The van der Waals surface area contributed by atoms with Gasteiger partial charge in [0, 0.05) is 17.1 Å². The van der Waals surface area contributed by atoms with Crippen LogP contribution in [0.3, 0.4) is 0 Å². The van der Waals surface area contributed by atoms with Gasteiger partial charge in [-0.1, -0.05) is 30.3 Å². The van der Waals surface area contributed by atoms with Gasteiger partial charge in [-0.2, -0.15) is 0 Å². The highest BCUT2D eigenvalue weighted by Gasteiger charge is 2.18. The molecule has 0 saturated carbocycles. The van der Waals surface area contributed by atoms with E-state index in [2.05, 4.69) is 10.4 Å². The number of nitrogens with two attached hydrogens (primary N) is 1. The third kappa shape index (κ3) is 2.51. The molecule has 3 rings (SSSR count). The lowest BCUT2D eigenvalue weighted by molar-refractivity contribution is 0.613. The number of pyridine rings is 1. The summed E-state index contributed by atoms with van der Waals surface area (Å²) in [4.78, 5) is 4.45. The van der Waals surface area contributed by atoms with E-state index in [1.165, 1.54) is 12.1 Å². The minimum absolute atomic E-state index is 0.232. The molecule has 1 aromatic heterocycles. The number of benzene rings is 2. The third-order valence-electron chi connectivity index (χ3n) is 3.68. The van der Waals surface area contributed by atoms with Crippen LogP contribution >= 0.6 is 0 Å². The molecular formula is C17H16FN3. The van der Waals surface area contributed by atoms with E-state index in [0.717, 1.165) is 27.6 Å². The van der Waals surface area contributed by atoms with Crippen molar-refractivity contribution in [3.05, 3.63) is 77.2 Å². The van der Waals surface area contributed by atoms with Crippen LogP contribution in [-0.4, -0.2) is 4.98 Å². The fourth-order valence-corrected chi connectivity index (χ4v) is 2.67. The molecule has 0 bridgehead atoms. The second-order valence-electron chi connectivity index (χ2n) is 5.02. The van der Waals surface area contributed by atoms with E-state index in [1.54, 1.807) is 12.3 Å². The van der Waals surface area contributed by atoms with Gasteiger partial charge >= 0.3 is 0 Å². The van der Waals surface area contributed by atoms with Gasteiger partial charge in [-0.3, -0.25) is 10.8 Å². The lowest BCUT2D eigenvalue weighted by atomic mass is 9.93. The van der Waals surface area contributed by atoms with Crippen molar-refractivity contribution < 1.29 is 4.39 Å². The lowest BCUT2D eigenvalue weighted by Gasteiger charge is -2.20. The SMILES string of the molecule is Cc1cc(F)ccc1C(NN)c1cccc2cccnc12. The van der Waals surface area contributed by atoms with Crippen molar-refractivity contribution in [3.63, 3.8) is 0 Å². The van der Waals surface area contributed by atoms with E-state index < -0.39 is 0 Å². The molecule has 0 radical (unpaired) electrons. The molecule has 0 aliphatic rings. The van der Waals surface area contributed by atoms with Crippen LogP contribution in [0.25, 0.3) is 10.9 Å². The van der Waals surface area contributed by atoms with Gasteiger partial charge in [0.05, 0.1) is 11.6 Å². The Labute approximate surface area is 122 Å². The molecule has 3 aromatic rings. The Balaban J connectivity index is 2.18. The first kappa shape index (κ1) is 13.7. The van der Waals surface area contributed by atoms with E-state index >= 15 is 0 Å². The van der Waals surface area contributed by atoms with E-state index in [4.69, 9.17) is 5.84 Å². The topological polar surface area (TPSA) is 50.9 Å². The van der Waals surface area contributed by atoms with E-state index in [0.29, 0.717) is 0 Å². The fraction of sp³-hybridized carbons (Fsp3) is 0.118. The van der Waals surface area contributed by atoms with Crippen molar-refractivity contribution in [2.75, 3.05) is 0 Å². The second-order valence-corrected chi connectivity index (χ2v) is 5.02. The minimum atomic E-state index is -0.247.